The summed E-state index contributed by atoms with van der Waals surface area (Å²) in [5, 5.41) is 0. The van der Waals surface area contributed by atoms with Crippen LogP contribution in [-0.4, -0.2) is 25.5 Å². The van der Waals surface area contributed by atoms with E-state index in [0.29, 0.717) is 0 Å². The van der Waals surface area contributed by atoms with Crippen LogP contribution in [0.5, 0.6) is 0 Å². The minimum atomic E-state index is 0.0337. The number of nitrogens with zero attached hydrogens (tertiary/aromatic N) is 2. The molecule has 0 saturated carbocycles. The summed E-state index contributed by atoms with van der Waals surface area (Å²) in [6.45, 7) is 18.9. The number of benzene rings is 2. The topological polar surface area (TPSA) is 24.7 Å². The highest BCUT2D eigenvalue weighted by Crippen LogP contribution is 2.19. The fraction of sp³-hybridized carbons (Fsp3) is 0.440. The fourth-order valence-corrected chi connectivity index (χ4v) is 3.61. The lowest BCUT2D eigenvalue weighted by atomic mass is 9.93. The van der Waals surface area contributed by atoms with Crippen LogP contribution in [0, 0.1) is 47.0 Å². The second-order valence-electron chi connectivity index (χ2n) is 8.73. The van der Waals surface area contributed by atoms with Gasteiger partial charge in [-0.3, -0.25) is 9.98 Å². The van der Waals surface area contributed by atoms with E-state index in [0.717, 1.165) is 13.1 Å². The SMILES string of the molecule is Cc1cc(C)c(C=NCC(C)(C)CN=Cc2c(C)cc(C)cc2C)c(C)c1. The predicted octanol–water partition coefficient (Wildman–Crippen LogP) is 6.10. The van der Waals surface area contributed by atoms with Crippen molar-refractivity contribution < 1.29 is 0 Å². The molecule has 0 aliphatic carbocycles. The van der Waals surface area contributed by atoms with E-state index in [1.807, 2.05) is 12.4 Å². The van der Waals surface area contributed by atoms with Gasteiger partial charge in [0.1, 0.15) is 0 Å². The molecule has 0 N–H and O–H groups in total. The van der Waals surface area contributed by atoms with E-state index < -0.39 is 0 Å². The van der Waals surface area contributed by atoms with Gasteiger partial charge in [-0.1, -0.05) is 49.2 Å². The third kappa shape index (κ3) is 5.89. The summed E-state index contributed by atoms with van der Waals surface area (Å²) in [6.07, 6.45) is 4.06. The van der Waals surface area contributed by atoms with Gasteiger partial charge < -0.3 is 0 Å². The Balaban J connectivity index is 2.03. The first kappa shape index (κ1) is 21.1. The molecule has 0 unspecified atom stereocenters. The van der Waals surface area contributed by atoms with Crippen molar-refractivity contribution in [3.05, 3.63) is 68.8 Å². The van der Waals surface area contributed by atoms with Gasteiger partial charge in [-0.15, -0.1) is 0 Å². The van der Waals surface area contributed by atoms with E-state index in [1.165, 1.54) is 44.5 Å². The van der Waals surface area contributed by atoms with Gasteiger partial charge in [-0.2, -0.15) is 0 Å². The Morgan fingerprint density at radius 2 is 0.926 bits per heavy atom. The van der Waals surface area contributed by atoms with E-state index in [9.17, 15) is 0 Å². The van der Waals surface area contributed by atoms with Gasteiger partial charge in [-0.25, -0.2) is 0 Å². The zero-order valence-corrected chi connectivity index (χ0v) is 18.3. The average molecular weight is 363 g/mol. The quantitative estimate of drug-likeness (QED) is 0.555. The lowest BCUT2D eigenvalue weighted by molar-refractivity contribution is 0.396. The van der Waals surface area contributed by atoms with Crippen molar-refractivity contribution in [3.63, 3.8) is 0 Å². The van der Waals surface area contributed by atoms with Gasteiger partial charge >= 0.3 is 0 Å². The summed E-state index contributed by atoms with van der Waals surface area (Å²) in [6, 6.07) is 8.87. The van der Waals surface area contributed by atoms with Crippen LogP contribution >= 0.6 is 0 Å². The Morgan fingerprint density at radius 3 is 1.22 bits per heavy atom. The molecule has 0 aliphatic rings. The van der Waals surface area contributed by atoms with Crippen LogP contribution in [0.1, 0.15) is 58.4 Å². The Labute approximate surface area is 165 Å². The third-order valence-electron chi connectivity index (χ3n) is 4.96. The standard InChI is InChI=1S/C25H34N2/c1-17-9-19(3)23(20(4)10-17)13-26-15-25(7,8)16-27-14-24-21(5)11-18(2)12-22(24)6/h9-14H,15-16H2,1-8H3. The van der Waals surface area contributed by atoms with Gasteiger partial charge in [-0.05, 0) is 74.9 Å². The third-order valence-corrected chi connectivity index (χ3v) is 4.96. The predicted molar refractivity (Wildman–Crippen MR) is 120 cm³/mol. The molecule has 2 nitrogen and oxygen atoms in total. The zero-order chi connectivity index (χ0) is 20.2. The number of hydrogen-bond donors (Lipinski definition) is 0. The second kappa shape index (κ2) is 8.65. The fourth-order valence-electron chi connectivity index (χ4n) is 3.61. The van der Waals surface area contributed by atoms with Crippen molar-refractivity contribution in [1.82, 2.24) is 0 Å². The summed E-state index contributed by atoms with van der Waals surface area (Å²) >= 11 is 0. The van der Waals surface area contributed by atoms with E-state index >= 15 is 0 Å². The molecule has 27 heavy (non-hydrogen) atoms. The summed E-state index contributed by atoms with van der Waals surface area (Å²) in [7, 11) is 0. The molecule has 0 fully saturated rings. The minimum Gasteiger partial charge on any atom is -0.292 e. The molecule has 0 amide bonds. The van der Waals surface area contributed by atoms with Crippen LogP contribution in [-0.2, 0) is 0 Å². The molecule has 0 saturated heterocycles. The number of rotatable bonds is 6. The molecular weight excluding hydrogens is 328 g/mol. The van der Waals surface area contributed by atoms with Crippen LogP contribution in [0.4, 0.5) is 0 Å². The maximum absolute atomic E-state index is 4.74. The van der Waals surface area contributed by atoms with Crippen LogP contribution in [0.2, 0.25) is 0 Å². The normalized spacial score (nSPS) is 12.4. The van der Waals surface area contributed by atoms with Crippen molar-refractivity contribution in [2.24, 2.45) is 15.4 Å². The molecule has 0 radical (unpaired) electrons. The van der Waals surface area contributed by atoms with Crippen LogP contribution in [0.3, 0.4) is 0 Å². The maximum atomic E-state index is 4.74. The monoisotopic (exact) mass is 362 g/mol. The van der Waals surface area contributed by atoms with E-state index in [1.54, 1.807) is 0 Å². The van der Waals surface area contributed by atoms with Gasteiger partial charge in [0, 0.05) is 30.9 Å². The van der Waals surface area contributed by atoms with Crippen LogP contribution < -0.4 is 0 Å². The molecule has 0 spiro atoms. The summed E-state index contributed by atoms with van der Waals surface area (Å²) < 4.78 is 0. The lowest BCUT2D eigenvalue weighted by Crippen LogP contribution is -2.20. The van der Waals surface area contributed by atoms with Crippen molar-refractivity contribution in [1.29, 1.82) is 0 Å². The highest BCUT2D eigenvalue weighted by atomic mass is 14.8. The van der Waals surface area contributed by atoms with Gasteiger partial charge in [0.25, 0.3) is 0 Å². The van der Waals surface area contributed by atoms with Crippen molar-refractivity contribution in [2.75, 3.05) is 13.1 Å². The highest BCUT2D eigenvalue weighted by molar-refractivity contribution is 5.84. The van der Waals surface area contributed by atoms with Gasteiger partial charge in [0.15, 0.2) is 0 Å². The molecule has 2 heteroatoms. The largest absolute Gasteiger partial charge is 0.292 e. The Hall–Kier alpha value is -2.22. The first-order chi connectivity index (χ1) is 12.6. The molecule has 144 valence electrons. The van der Waals surface area contributed by atoms with Crippen molar-refractivity contribution in [2.45, 2.75) is 55.4 Å². The van der Waals surface area contributed by atoms with Gasteiger partial charge in [0.05, 0.1) is 0 Å². The second-order valence-corrected chi connectivity index (χ2v) is 8.73. The molecule has 2 aromatic carbocycles. The Kier molecular flexibility index (Phi) is 6.75. The Bertz CT molecular complexity index is 752. The van der Waals surface area contributed by atoms with E-state index in [4.69, 9.17) is 9.98 Å². The smallest absolute Gasteiger partial charge is 0.0458 e. The van der Waals surface area contributed by atoms with E-state index in [2.05, 4.69) is 79.7 Å². The average Bonchev–Trinajstić information content (AvgIpc) is 2.52. The zero-order valence-electron chi connectivity index (χ0n) is 18.3. The van der Waals surface area contributed by atoms with Crippen molar-refractivity contribution in [3.8, 4) is 0 Å². The number of hydrogen-bond acceptors (Lipinski definition) is 2. The van der Waals surface area contributed by atoms with Crippen LogP contribution in [0.25, 0.3) is 0 Å². The number of aliphatic imine (C=N–C) groups is 2. The van der Waals surface area contributed by atoms with Crippen LogP contribution in [0.15, 0.2) is 34.3 Å². The first-order valence-electron chi connectivity index (χ1n) is 9.74. The molecule has 0 atom stereocenters. The lowest BCUT2D eigenvalue weighted by Gasteiger charge is -2.19. The minimum absolute atomic E-state index is 0.0337. The first-order valence-corrected chi connectivity index (χ1v) is 9.74. The number of aryl methyl sites for hydroxylation is 6. The van der Waals surface area contributed by atoms with Crippen molar-refractivity contribution >= 4 is 12.4 Å². The molecule has 0 aromatic heterocycles. The van der Waals surface area contributed by atoms with E-state index in [-0.39, 0.29) is 5.41 Å². The van der Waals surface area contributed by atoms with Gasteiger partial charge in [0.2, 0.25) is 0 Å². The molecule has 0 bridgehead atoms. The maximum Gasteiger partial charge on any atom is 0.0458 e. The Morgan fingerprint density at radius 1 is 0.630 bits per heavy atom. The summed E-state index contributed by atoms with van der Waals surface area (Å²) in [5.74, 6) is 0. The summed E-state index contributed by atoms with van der Waals surface area (Å²) in [5.41, 5.74) is 10.3. The highest BCUT2D eigenvalue weighted by Gasteiger charge is 2.16. The molecular formula is C25H34N2. The molecule has 0 aliphatic heterocycles. The molecule has 2 rings (SSSR count). The molecule has 2 aromatic rings. The molecule has 0 heterocycles. The summed E-state index contributed by atoms with van der Waals surface area (Å²) in [4.78, 5) is 9.48.